The minimum absolute atomic E-state index is 0.0459. The van der Waals surface area contributed by atoms with Gasteiger partial charge in [0.1, 0.15) is 23.7 Å². The second-order valence-corrected chi connectivity index (χ2v) is 10.5. The maximum atomic E-state index is 13.6. The zero-order valence-electron chi connectivity index (χ0n) is 19.8. The van der Waals surface area contributed by atoms with Crippen LogP contribution >= 0.6 is 0 Å². The molecule has 0 fully saturated rings. The fourth-order valence-corrected chi connectivity index (χ4v) is 5.88. The van der Waals surface area contributed by atoms with E-state index in [9.17, 15) is 17.6 Å². The summed E-state index contributed by atoms with van der Waals surface area (Å²) < 4.78 is 47.8. The standard InChI is InChI=1S/C27H29FN2O4S/c1-3-27(4-2)18-24(23-12-8-9-13-25(23)34-27)29-26(31)19-30(21-16-14-20(28)15-17-21)35(32,33)22-10-6-5-7-11-22/h5-17,24H,3-4,18-19H2,1-2H3,(H,29,31). The number of amides is 1. The number of para-hydroxylation sites is 1. The first-order chi connectivity index (χ1) is 16.8. The fourth-order valence-electron chi connectivity index (χ4n) is 4.44. The fraction of sp³-hybridized carbons (Fsp3) is 0.296. The number of ether oxygens (including phenoxy) is 1. The van der Waals surface area contributed by atoms with Gasteiger partial charge in [0.25, 0.3) is 10.0 Å². The summed E-state index contributed by atoms with van der Waals surface area (Å²) in [6, 6.07) is 20.2. The molecule has 1 amide bonds. The van der Waals surface area contributed by atoms with Crippen molar-refractivity contribution in [2.75, 3.05) is 10.8 Å². The molecule has 6 nitrogen and oxygen atoms in total. The van der Waals surface area contributed by atoms with Crippen LogP contribution in [0.4, 0.5) is 10.1 Å². The molecule has 1 unspecified atom stereocenters. The van der Waals surface area contributed by atoms with Crippen LogP contribution in [0.3, 0.4) is 0 Å². The Labute approximate surface area is 205 Å². The van der Waals surface area contributed by atoms with Crippen molar-refractivity contribution in [3.63, 3.8) is 0 Å². The summed E-state index contributed by atoms with van der Waals surface area (Å²) in [5.74, 6) is -0.235. The first-order valence-electron chi connectivity index (χ1n) is 11.7. The number of hydrogen-bond acceptors (Lipinski definition) is 4. The smallest absolute Gasteiger partial charge is 0.264 e. The molecule has 1 atom stereocenters. The van der Waals surface area contributed by atoms with Crippen LogP contribution in [0.25, 0.3) is 0 Å². The summed E-state index contributed by atoms with van der Waals surface area (Å²) in [5, 5.41) is 3.03. The second kappa shape index (κ2) is 10.1. The lowest BCUT2D eigenvalue weighted by Gasteiger charge is -2.41. The SMILES string of the molecule is CCC1(CC)CC(NC(=O)CN(c2ccc(F)cc2)S(=O)(=O)c2ccccc2)c2ccccc2O1. The lowest BCUT2D eigenvalue weighted by molar-refractivity contribution is -0.121. The van der Waals surface area contributed by atoms with Gasteiger partial charge in [0.15, 0.2) is 0 Å². The van der Waals surface area contributed by atoms with E-state index in [-0.39, 0.29) is 16.6 Å². The number of nitrogens with one attached hydrogen (secondary N) is 1. The average molecular weight is 497 g/mol. The number of nitrogens with zero attached hydrogens (tertiary/aromatic N) is 1. The van der Waals surface area contributed by atoms with Gasteiger partial charge in [-0.2, -0.15) is 0 Å². The van der Waals surface area contributed by atoms with Crippen molar-refractivity contribution < 1.29 is 22.3 Å². The molecule has 0 aromatic heterocycles. The first kappa shape index (κ1) is 24.7. The Kier molecular flexibility index (Phi) is 7.12. The largest absolute Gasteiger partial charge is 0.487 e. The van der Waals surface area contributed by atoms with Gasteiger partial charge in [0, 0.05) is 12.0 Å². The molecule has 3 aromatic rings. The van der Waals surface area contributed by atoms with Crippen LogP contribution in [0, 0.1) is 5.82 Å². The van der Waals surface area contributed by atoms with Crippen molar-refractivity contribution in [1.82, 2.24) is 5.32 Å². The molecule has 0 radical (unpaired) electrons. The van der Waals surface area contributed by atoms with Crippen molar-refractivity contribution in [2.24, 2.45) is 0 Å². The predicted molar refractivity (Wildman–Crippen MR) is 133 cm³/mol. The highest BCUT2D eigenvalue weighted by Crippen LogP contribution is 2.42. The van der Waals surface area contributed by atoms with Gasteiger partial charge >= 0.3 is 0 Å². The molecule has 3 aromatic carbocycles. The second-order valence-electron chi connectivity index (χ2n) is 8.66. The Balaban J connectivity index is 1.64. The van der Waals surface area contributed by atoms with E-state index in [0.717, 1.165) is 28.5 Å². The van der Waals surface area contributed by atoms with Crippen LogP contribution in [-0.2, 0) is 14.8 Å². The van der Waals surface area contributed by atoms with Crippen molar-refractivity contribution in [3.8, 4) is 5.75 Å². The van der Waals surface area contributed by atoms with E-state index in [2.05, 4.69) is 19.2 Å². The van der Waals surface area contributed by atoms with E-state index in [4.69, 9.17) is 4.74 Å². The van der Waals surface area contributed by atoms with Gasteiger partial charge < -0.3 is 10.1 Å². The van der Waals surface area contributed by atoms with Gasteiger partial charge in [-0.1, -0.05) is 50.2 Å². The number of fused-ring (bicyclic) bond motifs is 1. The normalized spacial score (nSPS) is 16.6. The molecule has 1 aliphatic rings. The Morgan fingerprint density at radius 2 is 1.63 bits per heavy atom. The Hall–Kier alpha value is -3.39. The molecular formula is C27H29FN2O4S. The molecule has 1 heterocycles. The molecule has 35 heavy (non-hydrogen) atoms. The van der Waals surface area contributed by atoms with Gasteiger partial charge in [-0.15, -0.1) is 0 Å². The Morgan fingerprint density at radius 1 is 1.00 bits per heavy atom. The number of benzene rings is 3. The summed E-state index contributed by atoms with van der Waals surface area (Å²) in [6.07, 6.45) is 2.12. The number of carbonyl (C=O) groups excluding carboxylic acids is 1. The van der Waals surface area contributed by atoms with Crippen LogP contribution in [-0.4, -0.2) is 26.5 Å². The summed E-state index contributed by atoms with van der Waals surface area (Å²) in [7, 11) is -4.07. The van der Waals surface area contributed by atoms with E-state index < -0.39 is 33.9 Å². The van der Waals surface area contributed by atoms with E-state index in [1.807, 2.05) is 24.3 Å². The number of hydrogen-bond donors (Lipinski definition) is 1. The van der Waals surface area contributed by atoms with Crippen molar-refractivity contribution in [2.45, 2.75) is 49.6 Å². The van der Waals surface area contributed by atoms with Gasteiger partial charge in [-0.05, 0) is 55.3 Å². The molecule has 8 heteroatoms. The lowest BCUT2D eigenvalue weighted by atomic mass is 9.83. The highest BCUT2D eigenvalue weighted by Gasteiger charge is 2.39. The quantitative estimate of drug-likeness (QED) is 0.464. The predicted octanol–water partition coefficient (Wildman–Crippen LogP) is 5.22. The Bertz CT molecular complexity index is 1280. The van der Waals surface area contributed by atoms with E-state index in [1.165, 1.54) is 36.4 Å². The van der Waals surface area contributed by atoms with Crippen molar-refractivity contribution in [3.05, 3.63) is 90.2 Å². The van der Waals surface area contributed by atoms with Gasteiger partial charge in [-0.25, -0.2) is 12.8 Å². The Morgan fingerprint density at radius 3 is 2.29 bits per heavy atom. The molecule has 0 spiro atoms. The summed E-state index contributed by atoms with van der Waals surface area (Å²) in [4.78, 5) is 13.4. The molecule has 0 saturated heterocycles. The van der Waals surface area contributed by atoms with E-state index >= 15 is 0 Å². The number of sulfonamides is 1. The van der Waals surface area contributed by atoms with Crippen LogP contribution in [0.2, 0.25) is 0 Å². The van der Waals surface area contributed by atoms with E-state index in [0.29, 0.717) is 6.42 Å². The third kappa shape index (κ3) is 5.17. The molecular weight excluding hydrogens is 467 g/mol. The maximum Gasteiger partial charge on any atom is 0.264 e. The minimum atomic E-state index is -4.07. The maximum absolute atomic E-state index is 13.6. The average Bonchev–Trinajstić information content (AvgIpc) is 2.88. The zero-order chi connectivity index (χ0) is 25.1. The molecule has 0 saturated carbocycles. The summed E-state index contributed by atoms with van der Waals surface area (Å²) in [5.41, 5.74) is 0.644. The molecule has 0 aliphatic carbocycles. The first-order valence-corrected chi connectivity index (χ1v) is 13.1. The van der Waals surface area contributed by atoms with Crippen molar-refractivity contribution >= 4 is 21.6 Å². The highest BCUT2D eigenvalue weighted by atomic mass is 32.2. The van der Waals surface area contributed by atoms with Crippen molar-refractivity contribution in [1.29, 1.82) is 0 Å². The molecule has 184 valence electrons. The van der Waals surface area contributed by atoms with Crippen LogP contribution < -0.4 is 14.4 Å². The van der Waals surface area contributed by atoms with E-state index in [1.54, 1.807) is 18.2 Å². The van der Waals surface area contributed by atoms with Crippen LogP contribution in [0.1, 0.15) is 44.7 Å². The summed E-state index contributed by atoms with van der Waals surface area (Å²) >= 11 is 0. The van der Waals surface area contributed by atoms with Gasteiger partial charge in [0.05, 0.1) is 16.6 Å². The number of rotatable bonds is 8. The zero-order valence-corrected chi connectivity index (χ0v) is 20.6. The minimum Gasteiger partial charge on any atom is -0.487 e. The molecule has 4 rings (SSSR count). The number of halogens is 1. The molecule has 1 aliphatic heterocycles. The highest BCUT2D eigenvalue weighted by molar-refractivity contribution is 7.92. The topological polar surface area (TPSA) is 75.7 Å². The summed E-state index contributed by atoms with van der Waals surface area (Å²) in [6.45, 7) is 3.66. The number of anilines is 1. The van der Waals surface area contributed by atoms with Gasteiger partial charge in [0.2, 0.25) is 5.91 Å². The van der Waals surface area contributed by atoms with Gasteiger partial charge in [-0.3, -0.25) is 9.10 Å². The third-order valence-electron chi connectivity index (χ3n) is 6.55. The van der Waals surface area contributed by atoms with Crippen LogP contribution in [0.15, 0.2) is 83.8 Å². The monoisotopic (exact) mass is 496 g/mol. The van der Waals surface area contributed by atoms with Crippen LogP contribution in [0.5, 0.6) is 5.75 Å². The molecule has 0 bridgehead atoms. The number of carbonyl (C=O) groups is 1. The lowest BCUT2D eigenvalue weighted by Crippen LogP contribution is -2.47. The molecule has 1 N–H and O–H groups in total. The third-order valence-corrected chi connectivity index (χ3v) is 8.34.